The lowest BCUT2D eigenvalue weighted by molar-refractivity contribution is -0.115. The van der Waals surface area contributed by atoms with Gasteiger partial charge in [-0.1, -0.05) is 54.2 Å². The van der Waals surface area contributed by atoms with E-state index in [9.17, 15) is 10.1 Å². The number of nitrogens with two attached hydrogens (primary N) is 1. The zero-order valence-corrected chi connectivity index (χ0v) is 18.9. The summed E-state index contributed by atoms with van der Waals surface area (Å²) in [5, 5.41) is 12.9. The Balaban J connectivity index is 1.56. The Morgan fingerprint density at radius 2 is 1.76 bits per heavy atom. The standard InChI is InChI=1S/C25H17N5OS2/c26-14-15-8-4-5-11-17(15)29-23(31)22-21(27)20(24(33-22)28-16-9-2-1-3-10-16)25-30-18-12-6-7-13-19(18)32-25/h1-13,22H,27H2,(H,29,31)/t22-/m0/s1. The van der Waals surface area contributed by atoms with E-state index < -0.39 is 5.25 Å². The topological polar surface area (TPSA) is 104 Å². The van der Waals surface area contributed by atoms with Crippen LogP contribution in [0.25, 0.3) is 15.8 Å². The normalized spacial score (nSPS) is 16.8. The Bertz CT molecular complexity index is 1430. The Morgan fingerprint density at radius 1 is 1.03 bits per heavy atom. The monoisotopic (exact) mass is 467 g/mol. The molecule has 1 atom stereocenters. The first-order valence-electron chi connectivity index (χ1n) is 10.1. The minimum atomic E-state index is -0.693. The van der Waals surface area contributed by atoms with Crippen LogP contribution in [-0.4, -0.2) is 21.2 Å². The number of nitriles is 1. The number of thiazole rings is 1. The maximum Gasteiger partial charge on any atom is 0.243 e. The van der Waals surface area contributed by atoms with E-state index in [1.165, 1.54) is 23.1 Å². The molecule has 0 fully saturated rings. The van der Waals surface area contributed by atoms with E-state index in [0.29, 0.717) is 27.6 Å². The van der Waals surface area contributed by atoms with E-state index in [0.717, 1.165) is 20.9 Å². The van der Waals surface area contributed by atoms with Crippen molar-refractivity contribution in [3.63, 3.8) is 0 Å². The molecule has 0 radical (unpaired) electrons. The lowest BCUT2D eigenvalue weighted by Gasteiger charge is -2.12. The molecule has 3 aromatic carbocycles. The maximum atomic E-state index is 13.2. The number of aromatic nitrogens is 1. The number of fused-ring (bicyclic) bond motifs is 1. The van der Waals surface area contributed by atoms with Crippen LogP contribution < -0.4 is 11.1 Å². The van der Waals surface area contributed by atoms with Crippen LogP contribution in [0.15, 0.2) is 89.6 Å². The predicted molar refractivity (Wildman–Crippen MR) is 135 cm³/mol. The molecular weight excluding hydrogens is 450 g/mol. The summed E-state index contributed by atoms with van der Waals surface area (Å²) in [6.45, 7) is 0. The summed E-state index contributed by atoms with van der Waals surface area (Å²) in [4.78, 5) is 22.8. The number of amides is 1. The minimum absolute atomic E-state index is 0.308. The number of thioether (sulfide) groups is 1. The Hall–Kier alpha value is -3.93. The molecular formula is C25H17N5OS2. The van der Waals surface area contributed by atoms with Crippen LogP contribution in [0, 0.1) is 11.3 Å². The Morgan fingerprint density at radius 3 is 2.55 bits per heavy atom. The molecule has 1 amide bonds. The lowest BCUT2D eigenvalue weighted by Crippen LogP contribution is -2.28. The number of benzene rings is 3. The van der Waals surface area contributed by atoms with Crippen molar-refractivity contribution in [1.29, 1.82) is 5.26 Å². The third-order valence-electron chi connectivity index (χ3n) is 5.05. The summed E-state index contributed by atoms with van der Waals surface area (Å²) in [5.41, 5.74) is 10.1. The fraction of sp³-hybridized carbons (Fsp3) is 0.0400. The number of carbonyl (C=O) groups excluding carboxylic acids is 1. The molecule has 1 aliphatic heterocycles. The van der Waals surface area contributed by atoms with Gasteiger partial charge in [0.25, 0.3) is 0 Å². The van der Waals surface area contributed by atoms with Crippen molar-refractivity contribution in [3.8, 4) is 6.07 Å². The van der Waals surface area contributed by atoms with Crippen LogP contribution in [-0.2, 0) is 4.79 Å². The predicted octanol–water partition coefficient (Wildman–Crippen LogP) is 5.32. The maximum absolute atomic E-state index is 13.2. The molecule has 0 spiro atoms. The molecule has 0 unspecified atom stereocenters. The summed E-state index contributed by atoms with van der Waals surface area (Å²) < 4.78 is 1.03. The second-order valence-corrected chi connectivity index (χ2v) is 9.34. The van der Waals surface area contributed by atoms with Gasteiger partial charge in [-0.25, -0.2) is 9.98 Å². The second kappa shape index (κ2) is 8.90. The van der Waals surface area contributed by atoms with Crippen molar-refractivity contribution in [1.82, 2.24) is 4.98 Å². The van der Waals surface area contributed by atoms with Gasteiger partial charge in [-0.3, -0.25) is 4.79 Å². The fourth-order valence-corrected chi connectivity index (χ4v) is 5.69. The van der Waals surface area contributed by atoms with E-state index in [-0.39, 0.29) is 5.91 Å². The number of anilines is 1. The van der Waals surface area contributed by atoms with Gasteiger partial charge in [-0.15, -0.1) is 11.3 Å². The van der Waals surface area contributed by atoms with Gasteiger partial charge in [0.15, 0.2) is 0 Å². The molecule has 0 bridgehead atoms. The molecule has 0 aliphatic carbocycles. The average Bonchev–Trinajstić information content (AvgIpc) is 3.40. The molecule has 8 heteroatoms. The number of nitrogens with one attached hydrogen (secondary N) is 1. The van der Waals surface area contributed by atoms with Gasteiger partial charge in [-0.2, -0.15) is 5.26 Å². The van der Waals surface area contributed by atoms with Crippen LogP contribution in [0.4, 0.5) is 11.4 Å². The van der Waals surface area contributed by atoms with E-state index in [1.807, 2.05) is 54.6 Å². The molecule has 1 aliphatic rings. The van der Waals surface area contributed by atoms with Gasteiger partial charge in [0.2, 0.25) is 5.91 Å². The number of carbonyl (C=O) groups is 1. The molecule has 3 N–H and O–H groups in total. The Labute approximate surface area is 198 Å². The number of hydrogen-bond acceptors (Lipinski definition) is 7. The zero-order chi connectivity index (χ0) is 22.8. The summed E-state index contributed by atoms with van der Waals surface area (Å²) in [6.07, 6.45) is 0. The average molecular weight is 468 g/mol. The van der Waals surface area contributed by atoms with E-state index >= 15 is 0 Å². The lowest BCUT2D eigenvalue weighted by atomic mass is 10.1. The van der Waals surface area contributed by atoms with E-state index in [2.05, 4.69) is 11.4 Å². The van der Waals surface area contributed by atoms with Gasteiger partial charge in [0, 0.05) is 5.70 Å². The van der Waals surface area contributed by atoms with Crippen LogP contribution in [0.3, 0.4) is 0 Å². The fourth-order valence-electron chi connectivity index (χ4n) is 3.47. The quantitative estimate of drug-likeness (QED) is 0.423. The first-order chi connectivity index (χ1) is 16.1. The highest BCUT2D eigenvalue weighted by Crippen LogP contribution is 2.42. The highest BCUT2D eigenvalue weighted by Gasteiger charge is 2.37. The molecule has 4 aromatic rings. The highest BCUT2D eigenvalue weighted by molar-refractivity contribution is 8.16. The summed E-state index contributed by atoms with van der Waals surface area (Å²) in [6, 6.07) is 26.4. The largest absolute Gasteiger partial charge is 0.400 e. The minimum Gasteiger partial charge on any atom is -0.400 e. The molecule has 33 heavy (non-hydrogen) atoms. The van der Waals surface area contributed by atoms with E-state index in [1.54, 1.807) is 24.3 Å². The molecule has 0 saturated carbocycles. The second-order valence-electron chi connectivity index (χ2n) is 7.21. The number of aliphatic imine (C=N–C) groups is 1. The highest BCUT2D eigenvalue weighted by atomic mass is 32.2. The summed E-state index contributed by atoms with van der Waals surface area (Å²) in [7, 11) is 0. The number of rotatable bonds is 4. The van der Waals surface area contributed by atoms with Gasteiger partial charge in [0.1, 0.15) is 21.4 Å². The van der Waals surface area contributed by atoms with Gasteiger partial charge in [0.05, 0.1) is 32.7 Å². The van der Waals surface area contributed by atoms with E-state index in [4.69, 9.17) is 15.7 Å². The molecule has 6 nitrogen and oxygen atoms in total. The number of nitrogens with zero attached hydrogens (tertiary/aromatic N) is 3. The van der Waals surface area contributed by atoms with Crippen LogP contribution in [0.5, 0.6) is 0 Å². The van der Waals surface area contributed by atoms with Crippen molar-refractivity contribution in [2.24, 2.45) is 10.7 Å². The van der Waals surface area contributed by atoms with Crippen LogP contribution in [0.1, 0.15) is 10.6 Å². The number of hydrogen-bond donors (Lipinski definition) is 2. The molecule has 160 valence electrons. The summed E-state index contributed by atoms with van der Waals surface area (Å²) >= 11 is 2.81. The Kier molecular flexibility index (Phi) is 5.65. The molecule has 5 rings (SSSR count). The SMILES string of the molecule is N#Cc1ccccc1NC(=O)[C@H]1SC(=Nc2ccccc2)C(c2nc3ccccc3s2)=C1N. The number of para-hydroxylation sites is 3. The van der Waals surface area contributed by atoms with Crippen molar-refractivity contribution in [2.75, 3.05) is 5.32 Å². The van der Waals surface area contributed by atoms with Gasteiger partial charge >= 0.3 is 0 Å². The molecule has 1 aromatic heterocycles. The third kappa shape index (κ3) is 4.12. The van der Waals surface area contributed by atoms with Crippen molar-refractivity contribution >= 4 is 61.2 Å². The van der Waals surface area contributed by atoms with Gasteiger partial charge < -0.3 is 11.1 Å². The van der Waals surface area contributed by atoms with Crippen molar-refractivity contribution < 1.29 is 4.79 Å². The van der Waals surface area contributed by atoms with Crippen LogP contribution in [0.2, 0.25) is 0 Å². The summed E-state index contributed by atoms with van der Waals surface area (Å²) in [5.74, 6) is -0.308. The van der Waals surface area contributed by atoms with Crippen molar-refractivity contribution in [2.45, 2.75) is 5.25 Å². The van der Waals surface area contributed by atoms with Crippen LogP contribution >= 0.6 is 23.1 Å². The van der Waals surface area contributed by atoms with Crippen molar-refractivity contribution in [3.05, 3.63) is 95.1 Å². The molecule has 0 saturated heterocycles. The van der Waals surface area contributed by atoms with Gasteiger partial charge in [-0.05, 0) is 36.4 Å². The smallest absolute Gasteiger partial charge is 0.243 e. The first-order valence-corrected chi connectivity index (χ1v) is 11.8. The third-order valence-corrected chi connectivity index (χ3v) is 7.33. The first kappa shape index (κ1) is 20.9. The zero-order valence-electron chi connectivity index (χ0n) is 17.2. The molecule has 2 heterocycles.